The molecular formula is C20H24N2O2. The van der Waals surface area contributed by atoms with Gasteiger partial charge in [-0.05, 0) is 30.7 Å². The van der Waals surface area contributed by atoms with Crippen molar-refractivity contribution in [1.82, 2.24) is 9.80 Å². The number of carbonyl (C=O) groups is 1. The summed E-state index contributed by atoms with van der Waals surface area (Å²) in [5.74, 6) is 1.23. The zero-order valence-corrected chi connectivity index (χ0v) is 14.0. The minimum Gasteiger partial charge on any atom is -0.488 e. The Labute approximate surface area is 143 Å². The van der Waals surface area contributed by atoms with Crippen LogP contribution in [0.15, 0.2) is 42.5 Å². The summed E-state index contributed by atoms with van der Waals surface area (Å²) in [5, 5.41) is 2.36. The first-order valence-electron chi connectivity index (χ1n) is 8.94. The Kier molecular flexibility index (Phi) is 4.39. The van der Waals surface area contributed by atoms with E-state index in [1.165, 1.54) is 5.39 Å². The second-order valence-corrected chi connectivity index (χ2v) is 6.83. The molecule has 0 aromatic heterocycles. The SMILES string of the molecule is O=C(CN1CC[C@H](Oc2cccc3ccccc23)C1)N1CCCC1. The molecule has 0 bridgehead atoms. The second kappa shape index (κ2) is 6.81. The highest BCUT2D eigenvalue weighted by Gasteiger charge is 2.28. The largest absolute Gasteiger partial charge is 0.488 e. The first-order chi connectivity index (χ1) is 11.8. The molecule has 4 rings (SSSR count). The van der Waals surface area contributed by atoms with Crippen LogP contribution in [0.1, 0.15) is 19.3 Å². The van der Waals surface area contributed by atoms with Crippen LogP contribution in [-0.4, -0.2) is 54.5 Å². The fraction of sp³-hybridized carbons (Fsp3) is 0.450. The standard InChI is InChI=1S/C20H24N2O2/c23-20(22-11-3-4-12-22)15-21-13-10-17(14-21)24-19-9-5-7-16-6-1-2-8-18(16)19/h1-2,5-9,17H,3-4,10-15H2/t17-/m0/s1. The number of fused-ring (bicyclic) bond motifs is 1. The second-order valence-electron chi connectivity index (χ2n) is 6.83. The van der Waals surface area contributed by atoms with Crippen LogP contribution in [0.25, 0.3) is 10.8 Å². The number of hydrogen-bond acceptors (Lipinski definition) is 3. The summed E-state index contributed by atoms with van der Waals surface area (Å²) in [4.78, 5) is 16.5. The summed E-state index contributed by atoms with van der Waals surface area (Å²) in [6, 6.07) is 14.5. The number of amides is 1. The first-order valence-corrected chi connectivity index (χ1v) is 8.94. The van der Waals surface area contributed by atoms with Crippen LogP contribution in [0.4, 0.5) is 0 Å². The van der Waals surface area contributed by atoms with Gasteiger partial charge in [0.05, 0.1) is 6.54 Å². The van der Waals surface area contributed by atoms with Gasteiger partial charge in [0.15, 0.2) is 0 Å². The Bertz CT molecular complexity index is 719. The average Bonchev–Trinajstić information content (AvgIpc) is 3.27. The summed E-state index contributed by atoms with van der Waals surface area (Å²) < 4.78 is 6.26. The zero-order valence-electron chi connectivity index (χ0n) is 14.0. The van der Waals surface area contributed by atoms with Crippen LogP contribution in [0.2, 0.25) is 0 Å². The Balaban J connectivity index is 1.37. The molecule has 2 saturated heterocycles. The Hall–Kier alpha value is -2.07. The maximum atomic E-state index is 12.3. The summed E-state index contributed by atoms with van der Waals surface area (Å²) >= 11 is 0. The van der Waals surface area contributed by atoms with Crippen molar-refractivity contribution in [2.75, 3.05) is 32.7 Å². The van der Waals surface area contributed by atoms with Gasteiger partial charge in [-0.2, -0.15) is 0 Å². The third-order valence-corrected chi connectivity index (χ3v) is 5.09. The van der Waals surface area contributed by atoms with E-state index in [9.17, 15) is 4.79 Å². The highest BCUT2D eigenvalue weighted by Crippen LogP contribution is 2.27. The van der Waals surface area contributed by atoms with Gasteiger partial charge in [0.25, 0.3) is 0 Å². The molecule has 2 heterocycles. The van der Waals surface area contributed by atoms with Crippen LogP contribution in [0.5, 0.6) is 5.75 Å². The molecular weight excluding hydrogens is 300 g/mol. The molecule has 0 spiro atoms. The summed E-state index contributed by atoms with van der Waals surface area (Å²) in [6.07, 6.45) is 3.45. The van der Waals surface area contributed by atoms with Gasteiger partial charge >= 0.3 is 0 Å². The highest BCUT2D eigenvalue weighted by molar-refractivity contribution is 5.88. The fourth-order valence-electron chi connectivity index (χ4n) is 3.77. The lowest BCUT2D eigenvalue weighted by Crippen LogP contribution is -2.38. The van der Waals surface area contributed by atoms with E-state index in [4.69, 9.17) is 4.74 Å². The van der Waals surface area contributed by atoms with Crippen molar-refractivity contribution in [3.63, 3.8) is 0 Å². The van der Waals surface area contributed by atoms with Crippen LogP contribution in [0.3, 0.4) is 0 Å². The molecule has 0 saturated carbocycles. The molecule has 126 valence electrons. The van der Waals surface area contributed by atoms with Crippen LogP contribution in [0, 0.1) is 0 Å². The molecule has 2 aromatic carbocycles. The van der Waals surface area contributed by atoms with Crippen molar-refractivity contribution >= 4 is 16.7 Å². The molecule has 0 aliphatic carbocycles. The normalized spacial score (nSPS) is 21.5. The maximum Gasteiger partial charge on any atom is 0.236 e. The Morgan fingerprint density at radius 3 is 2.71 bits per heavy atom. The molecule has 0 unspecified atom stereocenters. The summed E-state index contributed by atoms with van der Waals surface area (Å²) in [7, 11) is 0. The number of likely N-dealkylation sites (tertiary alicyclic amines) is 2. The van der Waals surface area contributed by atoms with Crippen molar-refractivity contribution < 1.29 is 9.53 Å². The van der Waals surface area contributed by atoms with E-state index in [1.54, 1.807) is 0 Å². The lowest BCUT2D eigenvalue weighted by molar-refractivity contribution is -0.131. The van der Waals surface area contributed by atoms with Crippen molar-refractivity contribution in [2.45, 2.75) is 25.4 Å². The molecule has 0 radical (unpaired) electrons. The maximum absolute atomic E-state index is 12.3. The Morgan fingerprint density at radius 1 is 1.04 bits per heavy atom. The lowest BCUT2D eigenvalue weighted by atomic mass is 10.1. The average molecular weight is 324 g/mol. The number of benzene rings is 2. The van der Waals surface area contributed by atoms with E-state index >= 15 is 0 Å². The molecule has 4 nitrogen and oxygen atoms in total. The van der Waals surface area contributed by atoms with Crippen LogP contribution in [-0.2, 0) is 4.79 Å². The molecule has 1 amide bonds. The van der Waals surface area contributed by atoms with Crippen LogP contribution >= 0.6 is 0 Å². The van der Waals surface area contributed by atoms with Crippen molar-refractivity contribution in [3.8, 4) is 5.75 Å². The van der Waals surface area contributed by atoms with E-state index in [0.717, 1.165) is 56.6 Å². The quantitative estimate of drug-likeness (QED) is 0.867. The number of carbonyl (C=O) groups excluding carboxylic acids is 1. The van der Waals surface area contributed by atoms with Gasteiger partial charge < -0.3 is 9.64 Å². The molecule has 2 aliphatic rings. The summed E-state index contributed by atoms with van der Waals surface area (Å²) in [6.45, 7) is 4.18. The molecule has 0 N–H and O–H groups in total. The van der Waals surface area contributed by atoms with E-state index in [0.29, 0.717) is 6.54 Å². The predicted molar refractivity (Wildman–Crippen MR) is 95.2 cm³/mol. The Morgan fingerprint density at radius 2 is 1.83 bits per heavy atom. The first kappa shape index (κ1) is 15.5. The van der Waals surface area contributed by atoms with E-state index in [2.05, 4.69) is 23.1 Å². The fourth-order valence-corrected chi connectivity index (χ4v) is 3.77. The lowest BCUT2D eigenvalue weighted by Gasteiger charge is -2.21. The molecule has 2 fully saturated rings. The molecule has 2 aromatic rings. The number of ether oxygens (including phenoxy) is 1. The molecule has 1 atom stereocenters. The van der Waals surface area contributed by atoms with Crippen molar-refractivity contribution in [1.29, 1.82) is 0 Å². The van der Waals surface area contributed by atoms with Gasteiger partial charge in [-0.3, -0.25) is 9.69 Å². The highest BCUT2D eigenvalue weighted by atomic mass is 16.5. The van der Waals surface area contributed by atoms with E-state index < -0.39 is 0 Å². The summed E-state index contributed by atoms with van der Waals surface area (Å²) in [5.41, 5.74) is 0. The zero-order chi connectivity index (χ0) is 16.4. The van der Waals surface area contributed by atoms with Crippen LogP contribution < -0.4 is 4.74 Å². The van der Waals surface area contributed by atoms with E-state index in [-0.39, 0.29) is 12.0 Å². The number of hydrogen-bond donors (Lipinski definition) is 0. The van der Waals surface area contributed by atoms with Crippen molar-refractivity contribution in [2.24, 2.45) is 0 Å². The topological polar surface area (TPSA) is 32.8 Å². The van der Waals surface area contributed by atoms with Gasteiger partial charge in [-0.1, -0.05) is 36.4 Å². The molecule has 24 heavy (non-hydrogen) atoms. The van der Waals surface area contributed by atoms with E-state index in [1.807, 2.05) is 29.2 Å². The molecule has 2 aliphatic heterocycles. The smallest absolute Gasteiger partial charge is 0.236 e. The van der Waals surface area contributed by atoms with Gasteiger partial charge in [0.1, 0.15) is 11.9 Å². The van der Waals surface area contributed by atoms with Gasteiger partial charge in [-0.25, -0.2) is 0 Å². The van der Waals surface area contributed by atoms with Gasteiger partial charge in [0.2, 0.25) is 5.91 Å². The minimum atomic E-state index is 0.169. The monoisotopic (exact) mass is 324 g/mol. The minimum absolute atomic E-state index is 0.169. The molecule has 4 heteroatoms. The van der Waals surface area contributed by atoms with Gasteiger partial charge in [-0.15, -0.1) is 0 Å². The van der Waals surface area contributed by atoms with Gasteiger partial charge in [0, 0.05) is 31.6 Å². The number of rotatable bonds is 4. The number of nitrogens with zero attached hydrogens (tertiary/aromatic N) is 2. The van der Waals surface area contributed by atoms with Crippen molar-refractivity contribution in [3.05, 3.63) is 42.5 Å². The third-order valence-electron chi connectivity index (χ3n) is 5.09. The third kappa shape index (κ3) is 3.24. The predicted octanol–water partition coefficient (Wildman–Crippen LogP) is 2.92.